The van der Waals surface area contributed by atoms with E-state index in [0.29, 0.717) is 6.61 Å². The van der Waals surface area contributed by atoms with Crippen LogP contribution in [0.2, 0.25) is 0 Å². The maximum atomic E-state index is 5.27. The number of aromatic nitrogens is 1. The molecule has 0 fully saturated rings. The molecule has 21 heavy (non-hydrogen) atoms. The van der Waals surface area contributed by atoms with Crippen molar-refractivity contribution in [3.63, 3.8) is 0 Å². The second-order valence-electron chi connectivity index (χ2n) is 5.27. The highest BCUT2D eigenvalue weighted by atomic mass is 32.1. The van der Waals surface area contributed by atoms with Crippen molar-refractivity contribution in [1.29, 1.82) is 0 Å². The van der Waals surface area contributed by atoms with Gasteiger partial charge in [-0.3, -0.25) is 0 Å². The largest absolute Gasteiger partial charge is 0.378 e. The summed E-state index contributed by atoms with van der Waals surface area (Å²) in [5.74, 6) is 0. The summed E-state index contributed by atoms with van der Waals surface area (Å²) in [5, 5.41) is 4.32. The molecule has 0 amide bonds. The van der Waals surface area contributed by atoms with Crippen LogP contribution in [0.3, 0.4) is 0 Å². The summed E-state index contributed by atoms with van der Waals surface area (Å²) in [6.45, 7) is 3.42. The smallest absolute Gasteiger partial charge is 0.186 e. The average molecular weight is 303 g/mol. The highest BCUT2D eigenvalue weighted by Gasteiger charge is 2.20. The van der Waals surface area contributed by atoms with E-state index in [0.717, 1.165) is 36.9 Å². The number of fused-ring (bicyclic) bond motifs is 1. The molecule has 0 saturated carbocycles. The van der Waals surface area contributed by atoms with Crippen molar-refractivity contribution in [3.05, 3.63) is 46.0 Å². The Bertz CT molecular complexity index is 588. The van der Waals surface area contributed by atoms with E-state index < -0.39 is 0 Å². The van der Waals surface area contributed by atoms with Gasteiger partial charge in [-0.2, -0.15) is 0 Å². The molecule has 1 aliphatic heterocycles. The van der Waals surface area contributed by atoms with E-state index in [1.807, 2.05) is 7.05 Å². The van der Waals surface area contributed by atoms with Crippen molar-refractivity contribution in [1.82, 2.24) is 10.3 Å². The normalized spacial score (nSPS) is 14.3. The molecular formula is C16H21N3OS. The molecule has 2 heterocycles. The zero-order chi connectivity index (χ0) is 14.7. The molecule has 1 aromatic heterocycles. The lowest BCUT2D eigenvalue weighted by molar-refractivity contribution is 0.181. The lowest BCUT2D eigenvalue weighted by Crippen LogP contribution is -2.30. The maximum Gasteiger partial charge on any atom is 0.186 e. The van der Waals surface area contributed by atoms with Gasteiger partial charge in [0.1, 0.15) is 0 Å². The molecule has 3 rings (SSSR count). The highest BCUT2D eigenvalue weighted by molar-refractivity contribution is 7.15. The fraction of sp³-hybridized carbons (Fsp3) is 0.438. The van der Waals surface area contributed by atoms with Crippen LogP contribution in [0.15, 0.2) is 24.3 Å². The van der Waals surface area contributed by atoms with Gasteiger partial charge in [-0.15, -0.1) is 11.3 Å². The van der Waals surface area contributed by atoms with Crippen LogP contribution in [0.4, 0.5) is 5.13 Å². The minimum atomic E-state index is 0.581. The third kappa shape index (κ3) is 3.10. The second kappa shape index (κ2) is 6.56. The quantitative estimate of drug-likeness (QED) is 0.921. The topological polar surface area (TPSA) is 37.4 Å². The van der Waals surface area contributed by atoms with Gasteiger partial charge in [0, 0.05) is 31.6 Å². The molecule has 1 N–H and O–H groups in total. The van der Waals surface area contributed by atoms with E-state index in [1.165, 1.54) is 16.0 Å². The van der Waals surface area contributed by atoms with Crippen molar-refractivity contribution in [2.24, 2.45) is 0 Å². The van der Waals surface area contributed by atoms with Crippen LogP contribution in [-0.2, 0) is 30.9 Å². The highest BCUT2D eigenvalue weighted by Crippen LogP contribution is 2.30. The van der Waals surface area contributed by atoms with E-state index >= 15 is 0 Å². The maximum absolute atomic E-state index is 5.27. The summed E-state index contributed by atoms with van der Waals surface area (Å²) in [4.78, 5) is 8.45. The second-order valence-corrected chi connectivity index (χ2v) is 6.33. The summed E-state index contributed by atoms with van der Waals surface area (Å²) >= 11 is 1.78. The summed E-state index contributed by atoms with van der Waals surface area (Å²) in [6.07, 6.45) is 1.09. The van der Waals surface area contributed by atoms with Gasteiger partial charge < -0.3 is 15.0 Å². The van der Waals surface area contributed by atoms with Gasteiger partial charge >= 0.3 is 0 Å². The zero-order valence-corrected chi connectivity index (χ0v) is 13.4. The lowest BCUT2D eigenvalue weighted by atomic mass is 10.0. The van der Waals surface area contributed by atoms with E-state index in [9.17, 15) is 0 Å². The van der Waals surface area contributed by atoms with E-state index in [2.05, 4.69) is 34.5 Å². The van der Waals surface area contributed by atoms with Gasteiger partial charge in [0.2, 0.25) is 0 Å². The number of hydrogen-bond acceptors (Lipinski definition) is 5. The van der Waals surface area contributed by atoms with Crippen molar-refractivity contribution in [3.8, 4) is 0 Å². The summed E-state index contributed by atoms with van der Waals surface area (Å²) in [5.41, 5.74) is 3.95. The van der Waals surface area contributed by atoms with Crippen molar-refractivity contribution < 1.29 is 4.74 Å². The van der Waals surface area contributed by atoms with Crippen LogP contribution >= 0.6 is 11.3 Å². The summed E-state index contributed by atoms with van der Waals surface area (Å²) < 4.78 is 5.27. The van der Waals surface area contributed by atoms with Gasteiger partial charge in [-0.1, -0.05) is 24.3 Å². The van der Waals surface area contributed by atoms with E-state index in [1.54, 1.807) is 18.4 Å². The summed E-state index contributed by atoms with van der Waals surface area (Å²) in [6, 6.07) is 8.70. The molecule has 1 aliphatic rings. The standard InChI is InChI=1S/C16H21N3OS/c1-17-9-15-14(11-20-2)18-16(21-15)19-8-7-12-5-3-4-6-13(12)10-19/h3-6,17H,7-11H2,1-2H3. The van der Waals surface area contributed by atoms with E-state index in [4.69, 9.17) is 9.72 Å². The molecular weight excluding hydrogens is 282 g/mol. The predicted octanol–water partition coefficient (Wildman–Crippen LogP) is 2.57. The van der Waals surface area contributed by atoms with Crippen LogP contribution in [-0.4, -0.2) is 25.7 Å². The first-order valence-electron chi connectivity index (χ1n) is 7.25. The number of hydrogen-bond donors (Lipinski definition) is 1. The Morgan fingerprint density at radius 3 is 2.90 bits per heavy atom. The minimum Gasteiger partial charge on any atom is -0.378 e. The Kier molecular flexibility index (Phi) is 4.53. The molecule has 0 aliphatic carbocycles. The molecule has 0 saturated heterocycles. The molecule has 0 radical (unpaired) electrons. The first-order chi connectivity index (χ1) is 10.3. The summed E-state index contributed by atoms with van der Waals surface area (Å²) in [7, 11) is 3.69. The van der Waals surface area contributed by atoms with Gasteiger partial charge in [0.15, 0.2) is 5.13 Å². The number of methoxy groups -OCH3 is 1. The van der Waals surface area contributed by atoms with Crippen LogP contribution in [0.1, 0.15) is 21.7 Å². The molecule has 5 heteroatoms. The molecule has 2 aromatic rings. The number of thiazole rings is 1. The van der Waals surface area contributed by atoms with Gasteiger partial charge in [-0.25, -0.2) is 4.98 Å². The SMILES string of the molecule is CNCc1sc(N2CCc3ccccc3C2)nc1COC. The fourth-order valence-corrected chi connectivity index (χ4v) is 3.81. The van der Waals surface area contributed by atoms with Gasteiger partial charge in [0.05, 0.1) is 12.3 Å². The lowest BCUT2D eigenvalue weighted by Gasteiger charge is -2.28. The van der Waals surface area contributed by atoms with Crippen LogP contribution in [0, 0.1) is 0 Å². The number of anilines is 1. The Morgan fingerprint density at radius 2 is 2.14 bits per heavy atom. The number of ether oxygens (including phenoxy) is 1. The Hall–Kier alpha value is -1.43. The molecule has 0 spiro atoms. The number of rotatable bonds is 5. The van der Waals surface area contributed by atoms with Crippen LogP contribution in [0.25, 0.3) is 0 Å². The molecule has 0 unspecified atom stereocenters. The molecule has 4 nitrogen and oxygen atoms in total. The third-order valence-electron chi connectivity index (χ3n) is 3.79. The Labute approximate surface area is 129 Å². The average Bonchev–Trinajstić information content (AvgIpc) is 2.91. The number of nitrogens with one attached hydrogen (secondary N) is 1. The minimum absolute atomic E-state index is 0.581. The van der Waals surface area contributed by atoms with Crippen LogP contribution < -0.4 is 10.2 Å². The van der Waals surface area contributed by atoms with Crippen molar-refractivity contribution in [2.75, 3.05) is 25.6 Å². The molecule has 0 bridgehead atoms. The fourth-order valence-electron chi connectivity index (χ4n) is 2.71. The molecule has 0 atom stereocenters. The Balaban J connectivity index is 1.83. The van der Waals surface area contributed by atoms with Crippen molar-refractivity contribution in [2.45, 2.75) is 26.1 Å². The first kappa shape index (κ1) is 14.5. The number of benzene rings is 1. The molecule has 112 valence electrons. The first-order valence-corrected chi connectivity index (χ1v) is 8.07. The van der Waals surface area contributed by atoms with Gasteiger partial charge in [0.25, 0.3) is 0 Å². The van der Waals surface area contributed by atoms with Crippen LogP contribution in [0.5, 0.6) is 0 Å². The third-order valence-corrected chi connectivity index (χ3v) is 4.94. The van der Waals surface area contributed by atoms with E-state index in [-0.39, 0.29) is 0 Å². The predicted molar refractivity (Wildman–Crippen MR) is 86.8 cm³/mol. The monoisotopic (exact) mass is 303 g/mol. The Morgan fingerprint density at radius 1 is 1.33 bits per heavy atom. The number of nitrogens with zero attached hydrogens (tertiary/aromatic N) is 2. The van der Waals surface area contributed by atoms with Gasteiger partial charge in [-0.05, 0) is 24.6 Å². The van der Waals surface area contributed by atoms with Crippen molar-refractivity contribution >= 4 is 16.5 Å². The molecule has 1 aromatic carbocycles. The zero-order valence-electron chi connectivity index (χ0n) is 12.6.